The molecule has 1 saturated carbocycles. The van der Waals surface area contributed by atoms with Crippen LogP contribution < -0.4 is 10.6 Å². The summed E-state index contributed by atoms with van der Waals surface area (Å²) in [6.45, 7) is 0.686. The number of rotatable bonds is 4. The zero-order chi connectivity index (χ0) is 14.4. The summed E-state index contributed by atoms with van der Waals surface area (Å²) in [6.07, 6.45) is 4.75. The topological polar surface area (TPSA) is 61.4 Å². The summed E-state index contributed by atoms with van der Waals surface area (Å²) in [6, 6.07) is 7.12. The van der Waals surface area contributed by atoms with Crippen molar-refractivity contribution >= 4 is 17.6 Å². The Labute approximate surface area is 124 Å². The molecule has 1 fully saturated rings. The maximum Gasteiger partial charge on any atom is 0.315 e. The third kappa shape index (κ3) is 4.39. The van der Waals surface area contributed by atoms with Crippen molar-refractivity contribution in [3.63, 3.8) is 0 Å². The average Bonchev–Trinajstić information content (AvgIpc) is 2.45. The molecule has 4 nitrogen and oxygen atoms in total. The third-order valence-corrected chi connectivity index (χ3v) is 4.13. The van der Waals surface area contributed by atoms with Gasteiger partial charge in [-0.05, 0) is 24.5 Å². The van der Waals surface area contributed by atoms with Gasteiger partial charge in [0.05, 0.1) is 5.60 Å². The highest BCUT2D eigenvalue weighted by molar-refractivity contribution is 6.31. The van der Waals surface area contributed by atoms with Crippen LogP contribution in [0.1, 0.15) is 37.7 Å². The van der Waals surface area contributed by atoms with Crippen LogP contribution in [-0.2, 0) is 6.54 Å². The lowest BCUT2D eigenvalue weighted by Crippen LogP contribution is -2.47. The summed E-state index contributed by atoms with van der Waals surface area (Å²) in [5, 5.41) is 16.4. The molecule has 2 amide bonds. The van der Waals surface area contributed by atoms with Gasteiger partial charge in [0.15, 0.2) is 0 Å². The summed E-state index contributed by atoms with van der Waals surface area (Å²) in [5.74, 6) is 0. The molecule has 3 N–H and O–H groups in total. The number of urea groups is 1. The van der Waals surface area contributed by atoms with Crippen LogP contribution in [0.4, 0.5) is 4.79 Å². The van der Waals surface area contributed by atoms with Crippen LogP contribution in [0, 0.1) is 0 Å². The predicted molar refractivity (Wildman–Crippen MR) is 79.7 cm³/mol. The first kappa shape index (κ1) is 15.1. The van der Waals surface area contributed by atoms with Crippen LogP contribution in [0.3, 0.4) is 0 Å². The Balaban J connectivity index is 1.74. The Morgan fingerprint density at radius 3 is 2.60 bits per heavy atom. The number of nitrogens with one attached hydrogen (secondary N) is 2. The highest BCUT2D eigenvalue weighted by Crippen LogP contribution is 2.27. The zero-order valence-electron chi connectivity index (χ0n) is 11.5. The molecule has 0 heterocycles. The molecule has 0 radical (unpaired) electrons. The summed E-state index contributed by atoms with van der Waals surface area (Å²) in [5.41, 5.74) is 0.140. The fraction of sp³-hybridized carbons (Fsp3) is 0.533. The van der Waals surface area contributed by atoms with Gasteiger partial charge in [-0.25, -0.2) is 4.79 Å². The van der Waals surface area contributed by atoms with Gasteiger partial charge in [0.2, 0.25) is 0 Å². The van der Waals surface area contributed by atoms with Gasteiger partial charge >= 0.3 is 6.03 Å². The average molecular weight is 297 g/mol. The fourth-order valence-corrected chi connectivity index (χ4v) is 2.71. The molecule has 1 aromatic carbocycles. The first-order valence-corrected chi connectivity index (χ1v) is 7.44. The Morgan fingerprint density at radius 2 is 1.90 bits per heavy atom. The van der Waals surface area contributed by atoms with Gasteiger partial charge in [-0.3, -0.25) is 0 Å². The van der Waals surface area contributed by atoms with E-state index >= 15 is 0 Å². The van der Waals surface area contributed by atoms with Gasteiger partial charge in [0, 0.05) is 18.1 Å². The smallest absolute Gasteiger partial charge is 0.315 e. The summed E-state index contributed by atoms with van der Waals surface area (Å²) >= 11 is 6.02. The highest BCUT2D eigenvalue weighted by atomic mass is 35.5. The maximum absolute atomic E-state index is 11.7. The first-order chi connectivity index (χ1) is 9.59. The number of benzene rings is 1. The molecular formula is C15H21ClN2O2. The van der Waals surface area contributed by atoms with Crippen molar-refractivity contribution in [1.29, 1.82) is 0 Å². The minimum absolute atomic E-state index is 0.274. The van der Waals surface area contributed by atoms with Crippen LogP contribution in [0.25, 0.3) is 0 Å². The minimum atomic E-state index is -0.736. The largest absolute Gasteiger partial charge is 0.388 e. The number of amides is 2. The zero-order valence-corrected chi connectivity index (χ0v) is 12.2. The molecule has 0 aliphatic heterocycles. The lowest BCUT2D eigenvalue weighted by molar-refractivity contribution is 0.00719. The van der Waals surface area contributed by atoms with Crippen molar-refractivity contribution in [3.8, 4) is 0 Å². The number of hydrogen-bond donors (Lipinski definition) is 3. The molecule has 2 rings (SSSR count). The van der Waals surface area contributed by atoms with E-state index in [-0.39, 0.29) is 6.03 Å². The monoisotopic (exact) mass is 296 g/mol. The molecule has 5 heteroatoms. The van der Waals surface area contributed by atoms with Crippen molar-refractivity contribution in [3.05, 3.63) is 34.9 Å². The van der Waals surface area contributed by atoms with Crippen LogP contribution >= 0.6 is 11.6 Å². The number of hydrogen-bond acceptors (Lipinski definition) is 2. The molecule has 110 valence electrons. The number of carbonyl (C=O) groups is 1. The van der Waals surface area contributed by atoms with E-state index in [4.69, 9.17) is 11.6 Å². The Hall–Kier alpha value is -1.26. The van der Waals surface area contributed by atoms with Crippen LogP contribution in [0.5, 0.6) is 0 Å². The molecule has 1 aliphatic carbocycles. The van der Waals surface area contributed by atoms with Crippen molar-refractivity contribution in [2.24, 2.45) is 0 Å². The van der Waals surface area contributed by atoms with E-state index in [9.17, 15) is 9.90 Å². The van der Waals surface area contributed by atoms with Crippen LogP contribution in [-0.4, -0.2) is 23.3 Å². The van der Waals surface area contributed by atoms with Gasteiger partial charge in [0.1, 0.15) is 0 Å². The van der Waals surface area contributed by atoms with E-state index in [0.29, 0.717) is 18.1 Å². The van der Waals surface area contributed by atoms with E-state index in [1.807, 2.05) is 18.2 Å². The van der Waals surface area contributed by atoms with Crippen LogP contribution in [0.15, 0.2) is 24.3 Å². The number of halogens is 1. The van der Waals surface area contributed by atoms with Crippen LogP contribution in [0.2, 0.25) is 5.02 Å². The molecular weight excluding hydrogens is 276 g/mol. The maximum atomic E-state index is 11.7. The number of aliphatic hydroxyl groups is 1. The van der Waals surface area contributed by atoms with Gasteiger partial charge in [-0.2, -0.15) is 0 Å². The van der Waals surface area contributed by atoms with Gasteiger partial charge in [-0.1, -0.05) is 49.1 Å². The lowest BCUT2D eigenvalue weighted by atomic mass is 9.85. The Kier molecular flexibility index (Phi) is 5.26. The van der Waals surface area contributed by atoms with Gasteiger partial charge < -0.3 is 15.7 Å². The van der Waals surface area contributed by atoms with E-state index in [2.05, 4.69) is 10.6 Å². The van der Waals surface area contributed by atoms with Gasteiger partial charge in [0.25, 0.3) is 0 Å². The molecule has 1 aromatic rings. The van der Waals surface area contributed by atoms with Crippen molar-refractivity contribution in [2.75, 3.05) is 6.54 Å². The van der Waals surface area contributed by atoms with E-state index < -0.39 is 5.60 Å². The predicted octanol–water partition coefficient (Wildman–Crippen LogP) is 2.83. The Bertz CT molecular complexity index is 459. The van der Waals surface area contributed by atoms with E-state index in [0.717, 1.165) is 31.2 Å². The highest BCUT2D eigenvalue weighted by Gasteiger charge is 2.29. The third-order valence-electron chi connectivity index (χ3n) is 3.76. The quantitative estimate of drug-likeness (QED) is 0.800. The van der Waals surface area contributed by atoms with E-state index in [1.165, 1.54) is 6.42 Å². The normalized spacial score (nSPS) is 17.5. The second kappa shape index (κ2) is 6.95. The molecule has 0 saturated heterocycles. The lowest BCUT2D eigenvalue weighted by Gasteiger charge is -2.32. The van der Waals surface area contributed by atoms with E-state index in [1.54, 1.807) is 6.07 Å². The molecule has 0 aromatic heterocycles. The second-order valence-corrected chi connectivity index (χ2v) is 5.82. The number of carbonyl (C=O) groups excluding carboxylic acids is 1. The molecule has 0 bridgehead atoms. The molecule has 20 heavy (non-hydrogen) atoms. The standard InChI is InChI=1S/C15H21ClN2O2/c16-13-7-3-2-6-12(13)10-17-14(19)18-11-15(20)8-4-1-5-9-15/h2-3,6-7,20H,1,4-5,8-11H2,(H2,17,18,19). The van der Waals surface area contributed by atoms with Crippen molar-refractivity contribution < 1.29 is 9.90 Å². The second-order valence-electron chi connectivity index (χ2n) is 5.41. The Morgan fingerprint density at radius 1 is 1.20 bits per heavy atom. The first-order valence-electron chi connectivity index (χ1n) is 7.07. The molecule has 1 aliphatic rings. The van der Waals surface area contributed by atoms with Gasteiger partial charge in [-0.15, -0.1) is 0 Å². The summed E-state index contributed by atoms with van der Waals surface area (Å²) < 4.78 is 0. The summed E-state index contributed by atoms with van der Waals surface area (Å²) in [4.78, 5) is 11.7. The van der Waals surface area contributed by atoms with Crippen molar-refractivity contribution in [1.82, 2.24) is 10.6 Å². The van der Waals surface area contributed by atoms with Crippen molar-refractivity contribution in [2.45, 2.75) is 44.2 Å². The minimum Gasteiger partial charge on any atom is -0.388 e. The SMILES string of the molecule is O=C(NCc1ccccc1Cl)NCC1(O)CCCCC1. The summed E-state index contributed by atoms with van der Waals surface area (Å²) in [7, 11) is 0. The molecule has 0 spiro atoms. The molecule has 0 atom stereocenters. The molecule has 0 unspecified atom stereocenters. The fourth-order valence-electron chi connectivity index (χ4n) is 2.51.